The van der Waals surface area contributed by atoms with Gasteiger partial charge in [-0.25, -0.2) is 39.1 Å². The van der Waals surface area contributed by atoms with Gasteiger partial charge in [-0.15, -0.1) is 0 Å². The maximum absolute atomic E-state index is 13.8. The zero-order valence-electron chi connectivity index (χ0n) is 65.7. The number of aromatic amines is 4. The maximum atomic E-state index is 13.8. The largest absolute Gasteiger partial charge is 0.453 e. The number of aromatic nitrogens is 8. The van der Waals surface area contributed by atoms with Gasteiger partial charge in [-0.3, -0.25) is 19.3 Å². The molecule has 7 amide bonds. The molecule has 0 bridgehead atoms. The molecule has 592 valence electrons. The smallest absolute Gasteiger partial charge is 0.410 e. The molecule has 6 aromatic carbocycles. The van der Waals surface area contributed by atoms with Gasteiger partial charge in [0.25, 0.3) is 5.91 Å². The minimum Gasteiger partial charge on any atom is -0.453 e. The summed E-state index contributed by atoms with van der Waals surface area (Å²) in [5.74, 6) is 2.29. The monoisotopic (exact) mass is 1560 g/mol. The van der Waals surface area contributed by atoms with Crippen molar-refractivity contribution in [2.24, 2.45) is 11.8 Å². The first kappa shape index (κ1) is 78.6. The van der Waals surface area contributed by atoms with Crippen LogP contribution in [0.1, 0.15) is 159 Å². The number of alkyl carbamates (subject to hydrolysis) is 3. The molecule has 27 heteroatoms. The van der Waals surface area contributed by atoms with Crippen molar-refractivity contribution in [2.45, 2.75) is 148 Å². The van der Waals surface area contributed by atoms with E-state index in [1.807, 2.05) is 93.7 Å². The lowest BCUT2D eigenvalue weighted by atomic mass is 9.98. The van der Waals surface area contributed by atoms with E-state index < -0.39 is 42.0 Å². The first-order valence-corrected chi connectivity index (χ1v) is 39.9. The first-order chi connectivity index (χ1) is 55.0. The summed E-state index contributed by atoms with van der Waals surface area (Å²) in [6, 6.07) is 41.2. The van der Waals surface area contributed by atoms with Crippen molar-refractivity contribution in [3.63, 3.8) is 0 Å². The van der Waals surface area contributed by atoms with Crippen LogP contribution < -0.4 is 16.0 Å². The summed E-state index contributed by atoms with van der Waals surface area (Å²) in [7, 11) is 3.87. The molecule has 9 heterocycles. The molecular formula is C87H97N15O11S. The Bertz CT molecular complexity index is 5290. The summed E-state index contributed by atoms with van der Waals surface area (Å²) in [5.41, 5.74) is 12.1. The van der Waals surface area contributed by atoms with E-state index >= 15 is 0 Å². The Kier molecular flexibility index (Phi) is 23.5. The number of hydrogen-bond donors (Lipinski definition) is 7. The number of thiophene rings is 1. The molecule has 1 unspecified atom stereocenters. The number of hydrogen-bond acceptors (Lipinski definition) is 16. The topological polar surface area (TPSA) is 320 Å². The predicted octanol–water partition coefficient (Wildman–Crippen LogP) is 16.6. The van der Waals surface area contributed by atoms with Gasteiger partial charge in [0.15, 0.2) is 0 Å². The quantitative estimate of drug-likeness (QED) is 0.0370. The van der Waals surface area contributed by atoms with Crippen LogP contribution in [0.5, 0.6) is 0 Å². The van der Waals surface area contributed by atoms with Crippen LogP contribution in [0.3, 0.4) is 0 Å². The van der Waals surface area contributed by atoms with Gasteiger partial charge in [0.2, 0.25) is 11.8 Å². The van der Waals surface area contributed by atoms with E-state index in [-0.39, 0.29) is 59.8 Å². The molecule has 0 saturated carbocycles. The Morgan fingerprint density at radius 1 is 0.412 bits per heavy atom. The van der Waals surface area contributed by atoms with E-state index in [1.54, 1.807) is 16.0 Å². The highest BCUT2D eigenvalue weighted by Gasteiger charge is 2.42. The van der Waals surface area contributed by atoms with E-state index in [0.717, 1.165) is 163 Å². The lowest BCUT2D eigenvalue weighted by Gasteiger charge is -2.30. The number of amides is 7. The molecule has 7 N–H and O–H groups in total. The second kappa shape index (κ2) is 34.1. The second-order valence-corrected chi connectivity index (χ2v) is 32.0. The summed E-state index contributed by atoms with van der Waals surface area (Å²) >= 11 is 1.46. The lowest BCUT2D eigenvalue weighted by molar-refractivity contribution is -0.136. The van der Waals surface area contributed by atoms with Gasteiger partial charge in [0, 0.05) is 37.3 Å². The van der Waals surface area contributed by atoms with Gasteiger partial charge in [0.1, 0.15) is 47.0 Å². The molecule has 114 heavy (non-hydrogen) atoms. The highest BCUT2D eigenvalue weighted by atomic mass is 32.1. The molecular weight excluding hydrogens is 1460 g/mol. The number of rotatable bonds is 19. The maximum Gasteiger partial charge on any atom is 0.410 e. The average Bonchev–Trinajstić information content (AvgIpc) is 1.30. The molecule has 7 atom stereocenters. The van der Waals surface area contributed by atoms with Crippen LogP contribution in [-0.2, 0) is 33.3 Å². The van der Waals surface area contributed by atoms with Crippen molar-refractivity contribution in [3.8, 4) is 67.3 Å². The Hall–Kier alpha value is -12.1. The number of ether oxygens (including phenoxy) is 4. The third kappa shape index (κ3) is 17.3. The number of benzene rings is 6. The molecule has 4 aliphatic rings. The van der Waals surface area contributed by atoms with Gasteiger partial charge in [-0.05, 0) is 186 Å². The second-order valence-electron chi connectivity index (χ2n) is 31.2. The van der Waals surface area contributed by atoms with Crippen molar-refractivity contribution in [1.82, 2.24) is 75.4 Å². The number of carbonyl (C=O) groups excluding carboxylic acids is 7. The third-order valence-electron chi connectivity index (χ3n) is 21.8. The van der Waals surface area contributed by atoms with Crippen LogP contribution in [-0.4, -0.2) is 167 Å². The fourth-order valence-corrected chi connectivity index (χ4v) is 16.5. The van der Waals surface area contributed by atoms with Gasteiger partial charge >= 0.3 is 24.4 Å². The number of nitrogens with zero attached hydrogens (tertiary/aromatic N) is 8. The number of likely N-dealkylation sites (tertiary alicyclic amines) is 4. The van der Waals surface area contributed by atoms with Crippen molar-refractivity contribution in [2.75, 3.05) is 47.5 Å². The molecule has 0 radical (unpaired) electrons. The van der Waals surface area contributed by atoms with Gasteiger partial charge in [0.05, 0.1) is 93.1 Å². The molecule has 4 aliphatic heterocycles. The van der Waals surface area contributed by atoms with Crippen LogP contribution in [0.4, 0.5) is 19.2 Å². The van der Waals surface area contributed by atoms with Crippen LogP contribution >= 0.6 is 11.3 Å². The SMILES string of the molecule is COC(=O)NC(C(=O)N1CCC[C@H]1c1ncc(-c2ccc(-c3ccc4cc(-c5cnc([C@@H]6CCCN6C(=O)[C@@H](NC(=O)OC)C(C)C)[nH]5)ccc4c3)cc2)[nH]1)c1ccsc1.COC(=O)N[C@H](C(=O)N1CCC[C@H]1c1ncc(-c2ccc3cc(-c4ccc(-c5cnc([C@@H]6CCCN6C(=O)OC(C)(C)C)[nH]5)cc4)ccc3c2)[nH]1)C(C)C. The Morgan fingerprint density at radius 2 is 0.728 bits per heavy atom. The first-order valence-electron chi connectivity index (χ1n) is 39.0. The molecule has 5 aromatic heterocycles. The molecule has 11 aromatic rings. The van der Waals surface area contributed by atoms with E-state index in [2.05, 4.69) is 162 Å². The average molecular weight is 1560 g/mol. The standard InChI is InChI=1S/C45H48N8O6S.C42H49N7O5/c1-26(2)38(50-44(56)58-3)42(54)52-18-5-7-36(52)41-47-24-35(49-41)32-16-15-30-21-29(13-14-31(30)22-32)27-9-11-28(12-10-27)34-23-46-40(48-34)37-8-6-19-53(37)43(55)39(51-45(57)59-4)33-17-20-60-25-33;1-25(2)36(47-40(51)53-6)39(50)48-19-7-9-34(48)37-44-24-33(46-37)31-18-17-29-21-28(15-16-30(29)22-31)26-11-13-27(14-12-26)32-23-43-38(45-32)35-10-8-20-49(35)41(52)54-42(3,4)5/h9-17,20-26,36-39H,5-8,18-19H2,1-4H3,(H,46,48)(H,47,49)(H,50,56)(H,51,57);11-18,21-25,34-36H,7-10,19-20H2,1-6H3,(H,43,45)(H,44,46)(H,47,51)/t36-,37-,38-,39?;34-,35-,36-/m00/s1. The summed E-state index contributed by atoms with van der Waals surface area (Å²) < 4.78 is 20.0. The molecule has 4 saturated heterocycles. The number of methoxy groups -OCH3 is 3. The Labute approximate surface area is 665 Å². The number of carbonyl (C=O) groups is 7. The molecule has 0 spiro atoms. The van der Waals surface area contributed by atoms with Crippen molar-refractivity contribution >= 4 is 75.0 Å². The van der Waals surface area contributed by atoms with Crippen LogP contribution in [0.2, 0.25) is 0 Å². The van der Waals surface area contributed by atoms with Crippen LogP contribution in [0, 0.1) is 11.8 Å². The minimum atomic E-state index is -0.843. The Balaban J connectivity index is 0.000000190. The minimum absolute atomic E-state index is 0.0963. The van der Waals surface area contributed by atoms with E-state index in [0.29, 0.717) is 32.0 Å². The summed E-state index contributed by atoms with van der Waals surface area (Å²) in [5, 5.41) is 16.3. The molecule has 0 aliphatic carbocycles. The van der Waals surface area contributed by atoms with Crippen molar-refractivity contribution in [3.05, 3.63) is 192 Å². The summed E-state index contributed by atoms with van der Waals surface area (Å²) in [4.78, 5) is 130. The predicted molar refractivity (Wildman–Crippen MR) is 436 cm³/mol. The van der Waals surface area contributed by atoms with Crippen molar-refractivity contribution < 1.29 is 52.5 Å². The highest BCUT2D eigenvalue weighted by molar-refractivity contribution is 7.08. The number of nitrogens with one attached hydrogen (secondary N) is 7. The van der Waals surface area contributed by atoms with Crippen LogP contribution in [0.15, 0.2) is 163 Å². The fourth-order valence-electron chi connectivity index (χ4n) is 15.8. The van der Waals surface area contributed by atoms with Gasteiger partial charge in [-0.2, -0.15) is 11.3 Å². The van der Waals surface area contributed by atoms with Crippen molar-refractivity contribution in [1.29, 1.82) is 0 Å². The van der Waals surface area contributed by atoms with E-state index in [1.165, 1.54) is 32.7 Å². The van der Waals surface area contributed by atoms with Gasteiger partial charge in [-0.1, -0.05) is 125 Å². The van der Waals surface area contributed by atoms with E-state index in [9.17, 15) is 33.6 Å². The lowest BCUT2D eigenvalue weighted by Crippen LogP contribution is -2.51. The fraction of sp³-hybridized carbons (Fsp3) is 0.368. The summed E-state index contributed by atoms with van der Waals surface area (Å²) in [6.45, 7) is 15.7. The normalized spacial score (nSPS) is 17.7. The zero-order valence-corrected chi connectivity index (χ0v) is 66.6. The highest BCUT2D eigenvalue weighted by Crippen LogP contribution is 2.40. The number of imidazole rings is 4. The molecule has 26 nitrogen and oxygen atoms in total. The van der Waals surface area contributed by atoms with Gasteiger partial charge < -0.3 is 69.5 Å². The molecule has 4 fully saturated rings. The summed E-state index contributed by atoms with van der Waals surface area (Å²) in [6.07, 6.45) is 11.7. The number of fused-ring (bicyclic) bond motifs is 2. The molecule has 15 rings (SSSR count). The zero-order chi connectivity index (χ0) is 80.1. The van der Waals surface area contributed by atoms with Crippen LogP contribution in [0.25, 0.3) is 88.8 Å². The Morgan fingerprint density at radius 3 is 1.08 bits per heavy atom. The van der Waals surface area contributed by atoms with E-state index in [4.69, 9.17) is 33.9 Å². The third-order valence-corrected chi connectivity index (χ3v) is 22.5. The number of H-pyrrole nitrogens is 4.